The Kier molecular flexibility index (Phi) is 6.52. The molecule has 0 radical (unpaired) electrons. The first-order valence-corrected chi connectivity index (χ1v) is 7.68. The molecule has 0 bridgehead atoms. The Morgan fingerprint density at radius 1 is 1.42 bits per heavy atom. The number of carbonyl (C=O) groups is 1. The number of rotatable bonds is 7. The van der Waals surface area contributed by atoms with Crippen LogP contribution in [0.2, 0.25) is 0 Å². The van der Waals surface area contributed by atoms with Crippen LogP contribution in [0.3, 0.4) is 0 Å². The van der Waals surface area contributed by atoms with E-state index >= 15 is 0 Å². The summed E-state index contributed by atoms with van der Waals surface area (Å²) in [5.41, 5.74) is 6.67. The molecule has 5 nitrogen and oxygen atoms in total. The fourth-order valence-electron chi connectivity index (χ4n) is 1.54. The van der Waals surface area contributed by atoms with Crippen LogP contribution < -0.4 is 11.1 Å². The van der Waals surface area contributed by atoms with E-state index in [1.807, 2.05) is 6.92 Å². The van der Waals surface area contributed by atoms with E-state index in [1.54, 1.807) is 24.3 Å². The zero-order valence-corrected chi connectivity index (χ0v) is 11.8. The molecule has 19 heavy (non-hydrogen) atoms. The molecule has 0 aliphatic carbocycles. The molecule has 0 aromatic heterocycles. The molecule has 1 aromatic carbocycles. The number of hydrogen-bond acceptors (Lipinski definition) is 4. The molecule has 0 aliphatic heterocycles. The van der Waals surface area contributed by atoms with Crippen LogP contribution in [0, 0.1) is 0 Å². The average molecular weight is 284 g/mol. The molecule has 106 valence electrons. The minimum absolute atomic E-state index is 0.184. The first-order valence-electron chi connectivity index (χ1n) is 6.19. The van der Waals surface area contributed by atoms with Crippen molar-refractivity contribution in [3.05, 3.63) is 29.8 Å². The first kappa shape index (κ1) is 15.7. The van der Waals surface area contributed by atoms with E-state index in [1.165, 1.54) is 0 Å². The van der Waals surface area contributed by atoms with Crippen molar-refractivity contribution >= 4 is 16.7 Å². The molecule has 0 saturated heterocycles. The van der Waals surface area contributed by atoms with Gasteiger partial charge in [-0.1, -0.05) is 19.1 Å². The summed E-state index contributed by atoms with van der Waals surface area (Å²) in [7, 11) is -0.881. The second-order valence-corrected chi connectivity index (χ2v) is 6.07. The number of nitrogens with one attached hydrogen (secondary N) is 1. The summed E-state index contributed by atoms with van der Waals surface area (Å²) in [6, 6.07) is 5.94. The van der Waals surface area contributed by atoms with Gasteiger partial charge in [-0.15, -0.1) is 0 Å². The summed E-state index contributed by atoms with van der Waals surface area (Å²) in [6.07, 6.45) is 0.406. The number of carbonyl (C=O) groups excluding carboxylic acids is 1. The number of aromatic hydroxyl groups is 1. The third-order valence-corrected chi connectivity index (χ3v) is 3.98. The number of phenolic OH excluding ortho intramolecular Hbond substituents is 1. The molecule has 2 atom stereocenters. The molecule has 1 rings (SSSR count). The monoisotopic (exact) mass is 284 g/mol. The summed E-state index contributed by atoms with van der Waals surface area (Å²) < 4.78 is 11.2. The van der Waals surface area contributed by atoms with Crippen LogP contribution in [-0.2, 0) is 22.0 Å². The highest BCUT2D eigenvalue weighted by Gasteiger charge is 2.13. The third-order valence-electron chi connectivity index (χ3n) is 2.68. The lowest BCUT2D eigenvalue weighted by atomic mass is 10.1. The minimum Gasteiger partial charge on any atom is -0.508 e. The topological polar surface area (TPSA) is 92.4 Å². The van der Waals surface area contributed by atoms with Gasteiger partial charge in [-0.2, -0.15) is 0 Å². The van der Waals surface area contributed by atoms with Crippen molar-refractivity contribution in [1.82, 2.24) is 5.32 Å². The summed E-state index contributed by atoms with van der Waals surface area (Å²) in [5.74, 6) is 0.980. The largest absolute Gasteiger partial charge is 0.508 e. The molecule has 6 heteroatoms. The van der Waals surface area contributed by atoms with Crippen molar-refractivity contribution in [2.24, 2.45) is 5.73 Å². The Morgan fingerprint density at radius 3 is 2.63 bits per heavy atom. The minimum atomic E-state index is -0.881. The number of benzene rings is 1. The average Bonchev–Trinajstić information content (AvgIpc) is 2.40. The quantitative estimate of drug-likeness (QED) is 0.664. The summed E-state index contributed by atoms with van der Waals surface area (Å²) >= 11 is 0. The molecule has 0 spiro atoms. The highest BCUT2D eigenvalue weighted by molar-refractivity contribution is 7.84. The van der Waals surface area contributed by atoms with Crippen molar-refractivity contribution in [3.8, 4) is 5.75 Å². The Balaban J connectivity index is 2.36. The van der Waals surface area contributed by atoms with Gasteiger partial charge in [-0.05, 0) is 24.1 Å². The molecule has 0 aliphatic rings. The molecule has 0 heterocycles. The number of phenols is 1. The van der Waals surface area contributed by atoms with Gasteiger partial charge in [-0.25, -0.2) is 0 Å². The Labute approximate surface area is 115 Å². The second kappa shape index (κ2) is 7.91. The van der Waals surface area contributed by atoms with E-state index in [0.717, 1.165) is 5.56 Å². The lowest BCUT2D eigenvalue weighted by Crippen LogP contribution is -2.43. The molecule has 0 saturated carbocycles. The van der Waals surface area contributed by atoms with Crippen LogP contribution in [-0.4, -0.2) is 39.3 Å². The zero-order valence-electron chi connectivity index (χ0n) is 11.0. The van der Waals surface area contributed by atoms with Gasteiger partial charge in [0.25, 0.3) is 0 Å². The highest BCUT2D eigenvalue weighted by atomic mass is 32.2. The predicted octanol–water partition coefficient (Wildman–Crippen LogP) is 0.147. The van der Waals surface area contributed by atoms with Gasteiger partial charge in [0.1, 0.15) is 5.75 Å². The molecular formula is C13H20N2O3S. The van der Waals surface area contributed by atoms with Gasteiger partial charge in [0.2, 0.25) is 5.91 Å². The van der Waals surface area contributed by atoms with Crippen molar-refractivity contribution in [3.63, 3.8) is 0 Å². The van der Waals surface area contributed by atoms with Gasteiger partial charge in [0.15, 0.2) is 0 Å². The lowest BCUT2D eigenvalue weighted by Gasteiger charge is -2.12. The van der Waals surface area contributed by atoms with E-state index in [4.69, 9.17) is 10.8 Å². The van der Waals surface area contributed by atoms with Gasteiger partial charge >= 0.3 is 0 Å². The fourth-order valence-corrected chi connectivity index (χ4v) is 2.16. The highest BCUT2D eigenvalue weighted by Crippen LogP contribution is 2.10. The van der Waals surface area contributed by atoms with E-state index in [2.05, 4.69) is 5.32 Å². The van der Waals surface area contributed by atoms with E-state index in [0.29, 0.717) is 24.5 Å². The van der Waals surface area contributed by atoms with Crippen molar-refractivity contribution in [2.45, 2.75) is 19.4 Å². The van der Waals surface area contributed by atoms with E-state index < -0.39 is 16.8 Å². The fraction of sp³-hybridized carbons (Fsp3) is 0.462. The Morgan fingerprint density at radius 2 is 2.05 bits per heavy atom. The van der Waals surface area contributed by atoms with Crippen LogP contribution in [0.1, 0.15) is 12.5 Å². The SMILES string of the molecule is CCS(=O)CCNC(=O)[C@H](N)Cc1ccc(O)cc1. The Bertz CT molecular complexity index is 434. The maximum absolute atomic E-state index is 11.7. The second-order valence-electron chi connectivity index (χ2n) is 4.20. The van der Waals surface area contributed by atoms with Gasteiger partial charge in [0.05, 0.1) is 6.04 Å². The normalized spacial score (nSPS) is 13.8. The lowest BCUT2D eigenvalue weighted by molar-refractivity contribution is -0.122. The van der Waals surface area contributed by atoms with E-state index in [9.17, 15) is 9.00 Å². The van der Waals surface area contributed by atoms with Crippen LogP contribution in [0.15, 0.2) is 24.3 Å². The maximum Gasteiger partial charge on any atom is 0.237 e. The van der Waals surface area contributed by atoms with Crippen LogP contribution in [0.5, 0.6) is 5.75 Å². The maximum atomic E-state index is 11.7. The van der Waals surface area contributed by atoms with Gasteiger partial charge in [-0.3, -0.25) is 9.00 Å². The molecule has 4 N–H and O–H groups in total. The molecule has 0 fully saturated rings. The number of nitrogens with two attached hydrogens (primary N) is 1. The summed E-state index contributed by atoms with van der Waals surface area (Å²) in [6.45, 7) is 2.22. The van der Waals surface area contributed by atoms with Crippen molar-refractivity contribution < 1.29 is 14.1 Å². The Hall–Kier alpha value is -1.40. The van der Waals surface area contributed by atoms with Crippen LogP contribution in [0.4, 0.5) is 0 Å². The number of amides is 1. The summed E-state index contributed by atoms with van der Waals surface area (Å²) in [5, 5.41) is 11.8. The first-order chi connectivity index (χ1) is 9.02. The van der Waals surface area contributed by atoms with E-state index in [-0.39, 0.29) is 11.7 Å². The zero-order chi connectivity index (χ0) is 14.3. The van der Waals surface area contributed by atoms with Crippen molar-refractivity contribution in [2.75, 3.05) is 18.1 Å². The smallest absolute Gasteiger partial charge is 0.237 e. The predicted molar refractivity (Wildman–Crippen MR) is 76.3 cm³/mol. The molecule has 1 unspecified atom stereocenters. The third kappa shape index (κ3) is 5.85. The molecule has 1 aromatic rings. The molecular weight excluding hydrogens is 264 g/mol. The molecule has 1 amide bonds. The standard InChI is InChI=1S/C13H20N2O3S/c1-2-19(18)8-7-15-13(17)12(14)9-10-3-5-11(16)6-4-10/h3-6,12,16H,2,7-9,14H2,1H3,(H,15,17)/t12-,19?/m1/s1. The van der Waals surface area contributed by atoms with Crippen molar-refractivity contribution in [1.29, 1.82) is 0 Å². The van der Waals surface area contributed by atoms with Crippen LogP contribution >= 0.6 is 0 Å². The number of hydrogen-bond donors (Lipinski definition) is 3. The van der Waals surface area contributed by atoms with Crippen LogP contribution in [0.25, 0.3) is 0 Å². The van der Waals surface area contributed by atoms with Gasteiger partial charge < -0.3 is 16.2 Å². The van der Waals surface area contributed by atoms with Gasteiger partial charge in [0, 0.05) is 28.9 Å². The summed E-state index contributed by atoms with van der Waals surface area (Å²) in [4.78, 5) is 11.7.